The van der Waals surface area contributed by atoms with Crippen molar-refractivity contribution in [2.45, 2.75) is 32.2 Å². The molecule has 1 aliphatic heterocycles. The summed E-state index contributed by atoms with van der Waals surface area (Å²) >= 11 is 0. The van der Waals surface area contributed by atoms with Crippen LogP contribution in [0.15, 0.2) is 47.5 Å². The minimum atomic E-state index is -0.172. The van der Waals surface area contributed by atoms with E-state index in [2.05, 4.69) is 20.5 Å². The molecule has 7 heteroatoms. The Morgan fingerprint density at radius 3 is 2.81 bits per heavy atom. The first-order chi connectivity index (χ1) is 15.4. The smallest absolute Gasteiger partial charge is 0.253 e. The summed E-state index contributed by atoms with van der Waals surface area (Å²) in [6.07, 6.45) is 2.79. The van der Waals surface area contributed by atoms with Crippen LogP contribution in [0.1, 0.15) is 34.3 Å². The number of guanidine groups is 1. The molecule has 0 spiro atoms. The zero-order valence-corrected chi connectivity index (χ0v) is 19.5. The number of anilines is 1. The minimum absolute atomic E-state index is 0.00387. The van der Waals surface area contributed by atoms with E-state index >= 15 is 0 Å². The summed E-state index contributed by atoms with van der Waals surface area (Å²) < 4.78 is 14.3. The van der Waals surface area contributed by atoms with Gasteiger partial charge in [0.25, 0.3) is 5.91 Å². The first kappa shape index (κ1) is 23.6. The molecule has 6 nitrogen and oxygen atoms in total. The third kappa shape index (κ3) is 6.22. The van der Waals surface area contributed by atoms with E-state index in [1.165, 1.54) is 0 Å². The second-order valence-electron chi connectivity index (χ2n) is 8.53. The van der Waals surface area contributed by atoms with E-state index in [1.54, 1.807) is 38.2 Å². The highest BCUT2D eigenvalue weighted by Crippen LogP contribution is 2.24. The molecular weight excluding hydrogens is 405 g/mol. The van der Waals surface area contributed by atoms with E-state index in [4.69, 9.17) is 0 Å². The van der Waals surface area contributed by atoms with Crippen molar-refractivity contribution < 1.29 is 9.18 Å². The molecule has 1 atom stereocenters. The van der Waals surface area contributed by atoms with Crippen LogP contribution in [0.3, 0.4) is 0 Å². The molecule has 0 aliphatic carbocycles. The monoisotopic (exact) mass is 439 g/mol. The molecule has 1 amide bonds. The Hall–Kier alpha value is -3.09. The summed E-state index contributed by atoms with van der Waals surface area (Å²) in [6.45, 7) is 4.27. The van der Waals surface area contributed by atoms with Crippen LogP contribution in [0.25, 0.3) is 0 Å². The third-order valence-corrected chi connectivity index (χ3v) is 5.71. The van der Waals surface area contributed by atoms with E-state index in [0.29, 0.717) is 17.8 Å². The molecule has 1 saturated heterocycles. The molecule has 2 aromatic rings. The Kier molecular flexibility index (Phi) is 8.09. The highest BCUT2D eigenvalue weighted by molar-refractivity contribution is 5.94. The number of nitrogens with zero attached hydrogens (tertiary/aromatic N) is 3. The van der Waals surface area contributed by atoms with Gasteiger partial charge < -0.3 is 20.4 Å². The van der Waals surface area contributed by atoms with Crippen LogP contribution in [0.5, 0.6) is 0 Å². The number of piperidine rings is 1. The Bertz CT molecular complexity index is 959. The fourth-order valence-electron chi connectivity index (χ4n) is 4.01. The molecule has 0 saturated carbocycles. The number of halogens is 1. The van der Waals surface area contributed by atoms with E-state index in [0.717, 1.165) is 49.4 Å². The molecule has 0 bridgehead atoms. The normalized spacial score (nSPS) is 16.6. The number of hydrogen-bond donors (Lipinski definition) is 2. The SMILES string of the molecule is CN=C(NCCc1cccc(C(=O)N(C)C)c1)NC1CCCN(c2cc(C)ccc2F)C1. The van der Waals surface area contributed by atoms with Crippen LogP contribution >= 0.6 is 0 Å². The number of carbonyl (C=O) groups excluding carboxylic acids is 1. The van der Waals surface area contributed by atoms with Gasteiger partial charge in [-0.05, 0) is 61.6 Å². The summed E-state index contributed by atoms with van der Waals surface area (Å²) in [5.41, 5.74) is 3.53. The lowest BCUT2D eigenvalue weighted by atomic mass is 10.0. The van der Waals surface area contributed by atoms with Crippen LogP contribution in [0, 0.1) is 12.7 Å². The van der Waals surface area contributed by atoms with Crippen molar-refractivity contribution in [2.75, 3.05) is 45.7 Å². The van der Waals surface area contributed by atoms with Crippen molar-refractivity contribution in [1.82, 2.24) is 15.5 Å². The number of amides is 1. The zero-order valence-electron chi connectivity index (χ0n) is 19.5. The van der Waals surface area contributed by atoms with Crippen LogP contribution in [-0.4, -0.2) is 63.6 Å². The fraction of sp³-hybridized carbons (Fsp3) is 0.440. The highest BCUT2D eigenvalue weighted by atomic mass is 19.1. The first-order valence-corrected chi connectivity index (χ1v) is 11.2. The Morgan fingerprint density at radius 1 is 1.25 bits per heavy atom. The predicted octanol–water partition coefficient (Wildman–Crippen LogP) is 3.21. The van der Waals surface area contributed by atoms with Gasteiger partial charge in [0.05, 0.1) is 5.69 Å². The summed E-state index contributed by atoms with van der Waals surface area (Å²) in [5, 5.41) is 6.85. The standard InChI is InChI=1S/C25H34FN5O/c1-18-10-11-22(26)23(15-18)31-14-6-9-21(17-31)29-25(27-2)28-13-12-19-7-5-8-20(16-19)24(32)30(3)4/h5,7-8,10-11,15-16,21H,6,9,12-14,17H2,1-4H3,(H2,27,28,29). The van der Waals surface area contributed by atoms with E-state index in [-0.39, 0.29) is 17.8 Å². The number of rotatable bonds is 6. The summed E-state index contributed by atoms with van der Waals surface area (Å²) in [6, 6.07) is 13.2. The van der Waals surface area contributed by atoms with Gasteiger partial charge in [-0.1, -0.05) is 18.2 Å². The number of nitrogens with one attached hydrogen (secondary N) is 2. The van der Waals surface area contributed by atoms with Crippen molar-refractivity contribution in [3.05, 3.63) is 65.0 Å². The quantitative estimate of drug-likeness (QED) is 0.536. The summed E-state index contributed by atoms with van der Waals surface area (Å²) in [4.78, 5) is 20.2. The highest BCUT2D eigenvalue weighted by Gasteiger charge is 2.23. The molecule has 1 aliphatic rings. The number of aliphatic imine (C=N–C) groups is 1. The van der Waals surface area contributed by atoms with E-state index in [1.807, 2.05) is 37.3 Å². The second-order valence-corrected chi connectivity index (χ2v) is 8.53. The Morgan fingerprint density at radius 2 is 2.06 bits per heavy atom. The van der Waals surface area contributed by atoms with Gasteiger partial charge in [0.15, 0.2) is 5.96 Å². The van der Waals surface area contributed by atoms with E-state index in [9.17, 15) is 9.18 Å². The van der Waals surface area contributed by atoms with Crippen molar-refractivity contribution in [3.63, 3.8) is 0 Å². The predicted molar refractivity (Wildman–Crippen MR) is 129 cm³/mol. The third-order valence-electron chi connectivity index (χ3n) is 5.71. The fourth-order valence-corrected chi connectivity index (χ4v) is 4.01. The molecule has 0 radical (unpaired) electrons. The number of benzene rings is 2. The van der Waals surface area contributed by atoms with Crippen molar-refractivity contribution in [1.29, 1.82) is 0 Å². The topological polar surface area (TPSA) is 60.0 Å². The van der Waals surface area contributed by atoms with E-state index < -0.39 is 0 Å². The van der Waals surface area contributed by atoms with Gasteiger partial charge >= 0.3 is 0 Å². The molecule has 1 heterocycles. The number of hydrogen-bond acceptors (Lipinski definition) is 3. The number of carbonyl (C=O) groups is 1. The summed E-state index contributed by atoms with van der Waals surface area (Å²) in [7, 11) is 5.27. The van der Waals surface area contributed by atoms with Gasteiger partial charge in [-0.3, -0.25) is 9.79 Å². The molecule has 1 fully saturated rings. The molecule has 172 valence electrons. The van der Waals surface area contributed by atoms with Gasteiger partial charge in [0.1, 0.15) is 5.82 Å². The molecule has 1 unspecified atom stereocenters. The maximum Gasteiger partial charge on any atom is 0.253 e. The van der Waals surface area contributed by atoms with Crippen molar-refractivity contribution >= 4 is 17.6 Å². The van der Waals surface area contributed by atoms with Gasteiger partial charge in [0, 0.05) is 52.4 Å². The summed E-state index contributed by atoms with van der Waals surface area (Å²) in [5.74, 6) is 0.569. The van der Waals surface area contributed by atoms with Gasteiger partial charge in [-0.15, -0.1) is 0 Å². The minimum Gasteiger partial charge on any atom is -0.367 e. The lowest BCUT2D eigenvalue weighted by Gasteiger charge is -2.35. The van der Waals surface area contributed by atoms with Crippen molar-refractivity contribution in [2.24, 2.45) is 4.99 Å². The van der Waals surface area contributed by atoms with Gasteiger partial charge in [-0.2, -0.15) is 0 Å². The van der Waals surface area contributed by atoms with Gasteiger partial charge in [0.2, 0.25) is 0 Å². The zero-order chi connectivity index (χ0) is 23.1. The Balaban J connectivity index is 1.53. The largest absolute Gasteiger partial charge is 0.367 e. The van der Waals surface area contributed by atoms with Crippen LogP contribution < -0.4 is 15.5 Å². The average Bonchev–Trinajstić information content (AvgIpc) is 2.79. The van der Waals surface area contributed by atoms with Crippen molar-refractivity contribution in [3.8, 4) is 0 Å². The molecule has 2 aromatic carbocycles. The maximum absolute atomic E-state index is 14.3. The Labute approximate surface area is 190 Å². The average molecular weight is 440 g/mol. The van der Waals surface area contributed by atoms with Crippen LogP contribution in [0.2, 0.25) is 0 Å². The molecule has 2 N–H and O–H groups in total. The number of aryl methyl sites for hydroxylation is 1. The van der Waals surface area contributed by atoms with Crippen LogP contribution in [-0.2, 0) is 6.42 Å². The van der Waals surface area contributed by atoms with Gasteiger partial charge in [-0.25, -0.2) is 4.39 Å². The maximum atomic E-state index is 14.3. The first-order valence-electron chi connectivity index (χ1n) is 11.2. The molecule has 0 aromatic heterocycles. The second kappa shape index (κ2) is 11.0. The lowest BCUT2D eigenvalue weighted by molar-refractivity contribution is 0.0827. The molecule has 3 rings (SSSR count). The molecular formula is C25H34FN5O. The van der Waals surface area contributed by atoms with Crippen LogP contribution in [0.4, 0.5) is 10.1 Å². The lowest BCUT2D eigenvalue weighted by Crippen LogP contribution is -2.51. The molecule has 32 heavy (non-hydrogen) atoms.